The summed E-state index contributed by atoms with van der Waals surface area (Å²) in [5.74, 6) is 0.374. The average molecular weight is 274 g/mol. The van der Waals surface area contributed by atoms with Gasteiger partial charge in [-0.2, -0.15) is 0 Å². The molecular formula is C17H26N2O. The Kier molecular flexibility index (Phi) is 5.18. The number of nitrogens with two attached hydrogens (primary N) is 1. The predicted octanol–water partition coefficient (Wildman–Crippen LogP) is 2.72. The van der Waals surface area contributed by atoms with Crippen LogP contribution in [0.3, 0.4) is 0 Å². The first kappa shape index (κ1) is 15.0. The molecule has 2 atom stereocenters. The Morgan fingerprint density at radius 1 is 1.25 bits per heavy atom. The lowest BCUT2D eigenvalue weighted by Crippen LogP contribution is -2.38. The molecule has 0 bridgehead atoms. The third kappa shape index (κ3) is 3.83. The molecule has 2 rings (SSSR count). The Balaban J connectivity index is 1.92. The summed E-state index contributed by atoms with van der Waals surface area (Å²) < 4.78 is 0. The second-order valence-corrected chi connectivity index (χ2v) is 5.99. The van der Waals surface area contributed by atoms with Crippen molar-refractivity contribution in [1.29, 1.82) is 0 Å². The molecule has 2 unspecified atom stereocenters. The Labute approximate surface area is 122 Å². The maximum Gasteiger partial charge on any atom is 0.225 e. The summed E-state index contributed by atoms with van der Waals surface area (Å²) in [6.07, 6.45) is 5.03. The Morgan fingerprint density at radius 2 is 1.90 bits per heavy atom. The van der Waals surface area contributed by atoms with Crippen LogP contribution in [-0.2, 0) is 17.8 Å². The van der Waals surface area contributed by atoms with Crippen LogP contribution in [0.2, 0.25) is 0 Å². The summed E-state index contributed by atoms with van der Waals surface area (Å²) in [6, 6.07) is 8.73. The zero-order chi connectivity index (χ0) is 14.5. The van der Waals surface area contributed by atoms with Crippen molar-refractivity contribution in [3.05, 3.63) is 35.4 Å². The molecule has 1 saturated carbocycles. The number of rotatable bonds is 4. The fraction of sp³-hybridized carbons (Fsp3) is 0.588. The van der Waals surface area contributed by atoms with Gasteiger partial charge in [0.1, 0.15) is 0 Å². The number of carbonyl (C=O) groups is 1. The molecule has 0 aromatic heterocycles. The molecule has 1 aromatic carbocycles. The van der Waals surface area contributed by atoms with E-state index in [1.165, 1.54) is 11.1 Å². The van der Waals surface area contributed by atoms with Gasteiger partial charge in [0, 0.05) is 25.6 Å². The van der Waals surface area contributed by atoms with Crippen LogP contribution in [0.4, 0.5) is 0 Å². The van der Waals surface area contributed by atoms with Crippen molar-refractivity contribution in [3.8, 4) is 0 Å². The third-order valence-electron chi connectivity index (χ3n) is 4.29. The normalized spacial score (nSPS) is 22.6. The summed E-state index contributed by atoms with van der Waals surface area (Å²) in [5.41, 5.74) is 8.50. The van der Waals surface area contributed by atoms with E-state index in [0.717, 1.165) is 32.1 Å². The van der Waals surface area contributed by atoms with E-state index in [-0.39, 0.29) is 17.9 Å². The fourth-order valence-electron chi connectivity index (χ4n) is 3.00. The highest BCUT2D eigenvalue weighted by molar-refractivity contribution is 5.78. The minimum Gasteiger partial charge on any atom is -0.341 e. The number of aryl methyl sites for hydroxylation is 1. The van der Waals surface area contributed by atoms with Gasteiger partial charge in [-0.25, -0.2) is 0 Å². The smallest absolute Gasteiger partial charge is 0.225 e. The van der Waals surface area contributed by atoms with Gasteiger partial charge in [0.2, 0.25) is 5.91 Å². The predicted molar refractivity (Wildman–Crippen MR) is 82.2 cm³/mol. The van der Waals surface area contributed by atoms with E-state index < -0.39 is 0 Å². The Bertz CT molecular complexity index is 441. The van der Waals surface area contributed by atoms with E-state index in [2.05, 4.69) is 31.2 Å². The van der Waals surface area contributed by atoms with Crippen molar-refractivity contribution in [1.82, 2.24) is 4.90 Å². The van der Waals surface area contributed by atoms with Crippen LogP contribution in [0.5, 0.6) is 0 Å². The molecule has 3 heteroatoms. The van der Waals surface area contributed by atoms with Crippen LogP contribution in [0.25, 0.3) is 0 Å². The van der Waals surface area contributed by atoms with Crippen LogP contribution in [-0.4, -0.2) is 23.9 Å². The zero-order valence-corrected chi connectivity index (χ0v) is 12.6. The molecule has 1 aliphatic rings. The molecule has 0 saturated heterocycles. The monoisotopic (exact) mass is 274 g/mol. The highest BCUT2D eigenvalue weighted by atomic mass is 16.2. The van der Waals surface area contributed by atoms with Crippen LogP contribution < -0.4 is 5.73 Å². The number of carbonyl (C=O) groups excluding carboxylic acids is 1. The van der Waals surface area contributed by atoms with Crippen LogP contribution in [0.15, 0.2) is 24.3 Å². The summed E-state index contributed by atoms with van der Waals surface area (Å²) in [4.78, 5) is 14.3. The highest BCUT2D eigenvalue weighted by Gasteiger charge is 2.27. The Morgan fingerprint density at radius 3 is 2.50 bits per heavy atom. The first-order chi connectivity index (χ1) is 9.60. The summed E-state index contributed by atoms with van der Waals surface area (Å²) in [6.45, 7) is 2.84. The molecule has 0 spiro atoms. The molecule has 1 aromatic rings. The molecule has 2 N–H and O–H groups in total. The molecule has 110 valence electrons. The molecule has 3 nitrogen and oxygen atoms in total. The topological polar surface area (TPSA) is 46.3 Å². The van der Waals surface area contributed by atoms with Crippen LogP contribution in [0, 0.1) is 5.92 Å². The van der Waals surface area contributed by atoms with Gasteiger partial charge in [-0.15, -0.1) is 0 Å². The minimum atomic E-state index is 0.124. The van der Waals surface area contributed by atoms with Gasteiger partial charge in [0.05, 0.1) is 0 Å². The molecule has 20 heavy (non-hydrogen) atoms. The SMILES string of the molecule is CCc1ccc(CN(C)C(=O)C2CCCC(N)C2)cc1. The van der Waals surface area contributed by atoms with Crippen molar-refractivity contribution in [3.63, 3.8) is 0 Å². The van der Waals surface area contributed by atoms with Crippen molar-refractivity contribution in [2.24, 2.45) is 11.7 Å². The molecule has 0 aliphatic heterocycles. The summed E-state index contributed by atoms with van der Waals surface area (Å²) >= 11 is 0. The first-order valence-corrected chi connectivity index (χ1v) is 7.68. The van der Waals surface area contributed by atoms with E-state index in [9.17, 15) is 4.79 Å². The van der Waals surface area contributed by atoms with Crippen LogP contribution >= 0.6 is 0 Å². The molecule has 1 fully saturated rings. The van der Waals surface area contributed by atoms with E-state index in [0.29, 0.717) is 6.54 Å². The van der Waals surface area contributed by atoms with Gasteiger partial charge >= 0.3 is 0 Å². The lowest BCUT2D eigenvalue weighted by atomic mass is 9.85. The van der Waals surface area contributed by atoms with Gasteiger partial charge in [0.25, 0.3) is 0 Å². The first-order valence-electron chi connectivity index (χ1n) is 7.68. The van der Waals surface area contributed by atoms with Crippen LogP contribution in [0.1, 0.15) is 43.7 Å². The molecule has 0 heterocycles. The number of amides is 1. The standard InChI is InChI=1S/C17H26N2O/c1-3-13-7-9-14(10-8-13)12-19(2)17(20)15-5-4-6-16(18)11-15/h7-10,15-16H,3-6,11-12,18H2,1-2H3. The van der Waals surface area contributed by atoms with Gasteiger partial charge < -0.3 is 10.6 Å². The molecule has 1 aliphatic carbocycles. The number of benzene rings is 1. The Hall–Kier alpha value is -1.35. The largest absolute Gasteiger partial charge is 0.341 e. The summed E-state index contributed by atoms with van der Waals surface area (Å²) in [7, 11) is 1.90. The maximum atomic E-state index is 12.4. The van der Waals surface area contributed by atoms with Gasteiger partial charge in [-0.1, -0.05) is 37.6 Å². The molecule has 1 amide bonds. The average Bonchev–Trinajstić information content (AvgIpc) is 2.47. The van der Waals surface area contributed by atoms with E-state index in [4.69, 9.17) is 5.73 Å². The number of hydrogen-bond donors (Lipinski definition) is 1. The summed E-state index contributed by atoms with van der Waals surface area (Å²) in [5, 5.41) is 0. The van der Waals surface area contributed by atoms with Crippen molar-refractivity contribution in [2.45, 2.75) is 51.6 Å². The second-order valence-electron chi connectivity index (χ2n) is 5.99. The number of nitrogens with zero attached hydrogens (tertiary/aromatic N) is 1. The molecule has 0 radical (unpaired) electrons. The maximum absolute atomic E-state index is 12.4. The van der Waals surface area contributed by atoms with E-state index in [1.54, 1.807) is 0 Å². The zero-order valence-electron chi connectivity index (χ0n) is 12.6. The van der Waals surface area contributed by atoms with Gasteiger partial charge in [-0.3, -0.25) is 4.79 Å². The van der Waals surface area contributed by atoms with E-state index in [1.807, 2.05) is 11.9 Å². The van der Waals surface area contributed by atoms with Crippen molar-refractivity contribution in [2.75, 3.05) is 7.05 Å². The van der Waals surface area contributed by atoms with Gasteiger partial charge in [0.15, 0.2) is 0 Å². The third-order valence-corrected chi connectivity index (χ3v) is 4.29. The van der Waals surface area contributed by atoms with E-state index >= 15 is 0 Å². The van der Waals surface area contributed by atoms with Gasteiger partial charge in [-0.05, 0) is 36.8 Å². The van der Waals surface area contributed by atoms with Crippen molar-refractivity contribution >= 4 is 5.91 Å². The lowest BCUT2D eigenvalue weighted by Gasteiger charge is -2.29. The second kappa shape index (κ2) is 6.89. The van der Waals surface area contributed by atoms with Crippen molar-refractivity contribution < 1.29 is 4.79 Å². The highest BCUT2D eigenvalue weighted by Crippen LogP contribution is 2.25. The number of hydrogen-bond acceptors (Lipinski definition) is 2. The fourth-order valence-corrected chi connectivity index (χ4v) is 3.00. The quantitative estimate of drug-likeness (QED) is 0.917. The molecular weight excluding hydrogens is 248 g/mol. The lowest BCUT2D eigenvalue weighted by molar-refractivity contribution is -0.135. The minimum absolute atomic E-state index is 0.124.